The molecule has 0 atom stereocenters. The van der Waals surface area contributed by atoms with Gasteiger partial charge in [-0.2, -0.15) is 9.42 Å². The molecule has 4 rings (SSSR count). The highest BCUT2D eigenvalue weighted by Crippen LogP contribution is 2.28. The third kappa shape index (κ3) is 3.26. The summed E-state index contributed by atoms with van der Waals surface area (Å²) < 4.78 is 32.1. The van der Waals surface area contributed by atoms with Gasteiger partial charge in [0.25, 0.3) is 0 Å². The van der Waals surface area contributed by atoms with Gasteiger partial charge < -0.3 is 9.72 Å². The highest BCUT2D eigenvalue weighted by Gasteiger charge is 2.26. The zero-order valence-corrected chi connectivity index (χ0v) is 14.8. The van der Waals surface area contributed by atoms with Crippen LogP contribution in [0.3, 0.4) is 0 Å². The van der Waals surface area contributed by atoms with E-state index in [-0.39, 0.29) is 4.90 Å². The number of aromatic nitrogens is 1. The number of hydrogen-bond acceptors (Lipinski definition) is 5. The van der Waals surface area contributed by atoms with Crippen LogP contribution < -0.4 is 0 Å². The lowest BCUT2D eigenvalue weighted by Crippen LogP contribution is -2.40. The van der Waals surface area contributed by atoms with Crippen molar-refractivity contribution in [3.8, 4) is 0 Å². The first-order valence-electron chi connectivity index (χ1n) is 8.30. The number of morpholine rings is 1. The fraction of sp³-hybridized carbons (Fsp3) is 0.222. The van der Waals surface area contributed by atoms with Crippen molar-refractivity contribution >= 4 is 32.3 Å². The Bertz CT molecular complexity index is 1050. The van der Waals surface area contributed by atoms with Gasteiger partial charge in [-0.1, -0.05) is 24.3 Å². The minimum absolute atomic E-state index is 0.217. The van der Waals surface area contributed by atoms with Gasteiger partial charge in [0.15, 0.2) is 0 Å². The summed E-state index contributed by atoms with van der Waals surface area (Å²) in [5, 5.41) is 9.45. The number of para-hydroxylation sites is 1. The number of nitrogens with one attached hydrogen (secondary N) is 1. The summed E-state index contributed by atoms with van der Waals surface area (Å²) in [7, 11) is -3.55. The van der Waals surface area contributed by atoms with Gasteiger partial charge in [-0.3, -0.25) is 0 Å². The van der Waals surface area contributed by atoms with Gasteiger partial charge in [0, 0.05) is 30.2 Å². The Morgan fingerprint density at radius 1 is 1.00 bits per heavy atom. The van der Waals surface area contributed by atoms with Crippen LogP contribution in [0.1, 0.15) is 0 Å². The average molecular weight is 370 g/mol. The third-order valence-corrected chi connectivity index (χ3v) is 6.16. The fourth-order valence-electron chi connectivity index (χ4n) is 2.89. The normalized spacial score (nSPS) is 16.5. The summed E-state index contributed by atoms with van der Waals surface area (Å²) >= 11 is 0. The van der Waals surface area contributed by atoms with E-state index in [4.69, 9.17) is 4.74 Å². The van der Waals surface area contributed by atoms with E-state index in [1.165, 1.54) is 4.31 Å². The van der Waals surface area contributed by atoms with Crippen molar-refractivity contribution in [3.63, 3.8) is 0 Å². The molecule has 1 aliphatic rings. The minimum atomic E-state index is -3.55. The lowest BCUT2D eigenvalue weighted by atomic mass is 10.2. The largest absolute Gasteiger partial charge is 0.379 e. The van der Waals surface area contributed by atoms with Crippen molar-refractivity contribution in [1.29, 1.82) is 0 Å². The number of nitrogens with zero attached hydrogens (tertiary/aromatic N) is 3. The van der Waals surface area contributed by atoms with Gasteiger partial charge in [0.1, 0.15) is 5.69 Å². The Balaban J connectivity index is 1.61. The van der Waals surface area contributed by atoms with Gasteiger partial charge in [0.05, 0.1) is 23.8 Å². The second-order valence-corrected chi connectivity index (χ2v) is 7.87. The average Bonchev–Trinajstić information content (AvgIpc) is 3.10. The van der Waals surface area contributed by atoms with Crippen molar-refractivity contribution in [2.45, 2.75) is 4.90 Å². The molecule has 7 nitrogen and oxygen atoms in total. The predicted octanol–water partition coefficient (Wildman–Crippen LogP) is 3.60. The summed E-state index contributed by atoms with van der Waals surface area (Å²) in [6.07, 6.45) is 1.78. The molecule has 2 heterocycles. The summed E-state index contributed by atoms with van der Waals surface area (Å²) in [6, 6.07) is 14.3. The number of sulfonamides is 1. The van der Waals surface area contributed by atoms with Crippen molar-refractivity contribution in [2.75, 3.05) is 26.3 Å². The molecule has 1 aromatic heterocycles. The lowest BCUT2D eigenvalue weighted by molar-refractivity contribution is 0.0730. The van der Waals surface area contributed by atoms with Crippen LogP contribution >= 0.6 is 0 Å². The standard InChI is InChI=1S/C18H18N4O3S/c23-26(24,22-8-10-25-11-9-22)15-5-3-4-14(12-15)20-21-18-13-19-17-7-2-1-6-16(17)18/h1-7,12-13,19H,8-11H2. The molecule has 26 heavy (non-hydrogen) atoms. The molecule has 0 amide bonds. The highest BCUT2D eigenvalue weighted by molar-refractivity contribution is 7.89. The van der Waals surface area contributed by atoms with E-state index in [1.54, 1.807) is 30.5 Å². The van der Waals surface area contributed by atoms with Crippen molar-refractivity contribution in [2.24, 2.45) is 10.2 Å². The lowest BCUT2D eigenvalue weighted by Gasteiger charge is -2.26. The van der Waals surface area contributed by atoms with Crippen molar-refractivity contribution in [3.05, 3.63) is 54.7 Å². The molecule has 0 bridgehead atoms. The van der Waals surface area contributed by atoms with Crippen LogP contribution in [0.15, 0.2) is 69.9 Å². The van der Waals surface area contributed by atoms with E-state index in [2.05, 4.69) is 15.2 Å². The first kappa shape index (κ1) is 16.9. The molecule has 1 aliphatic heterocycles. The molecule has 3 aromatic rings. The number of fused-ring (bicyclic) bond motifs is 1. The van der Waals surface area contributed by atoms with E-state index in [1.807, 2.05) is 24.3 Å². The fourth-order valence-corrected chi connectivity index (χ4v) is 4.34. The molecule has 0 unspecified atom stereocenters. The first-order valence-corrected chi connectivity index (χ1v) is 9.74. The molecule has 0 radical (unpaired) electrons. The molecular weight excluding hydrogens is 352 g/mol. The molecule has 1 fully saturated rings. The second-order valence-electron chi connectivity index (χ2n) is 5.93. The molecule has 0 saturated carbocycles. The van der Waals surface area contributed by atoms with Crippen molar-refractivity contribution < 1.29 is 13.2 Å². The Morgan fingerprint density at radius 2 is 1.81 bits per heavy atom. The van der Waals surface area contributed by atoms with Crippen LogP contribution in [-0.2, 0) is 14.8 Å². The number of hydrogen-bond donors (Lipinski definition) is 1. The van der Waals surface area contributed by atoms with E-state index < -0.39 is 10.0 Å². The van der Waals surface area contributed by atoms with Gasteiger partial charge in [0.2, 0.25) is 10.0 Å². The number of benzene rings is 2. The van der Waals surface area contributed by atoms with E-state index in [9.17, 15) is 8.42 Å². The molecular formula is C18H18N4O3S. The molecule has 0 spiro atoms. The molecule has 134 valence electrons. The van der Waals surface area contributed by atoms with Crippen LogP contribution in [0.25, 0.3) is 10.9 Å². The smallest absolute Gasteiger partial charge is 0.243 e. The third-order valence-electron chi connectivity index (χ3n) is 4.27. The maximum Gasteiger partial charge on any atom is 0.243 e. The predicted molar refractivity (Wildman–Crippen MR) is 98.5 cm³/mol. The quantitative estimate of drug-likeness (QED) is 0.712. The Kier molecular flexibility index (Phi) is 4.54. The molecule has 1 saturated heterocycles. The van der Waals surface area contributed by atoms with Gasteiger partial charge in [-0.05, 0) is 24.3 Å². The number of ether oxygens (including phenoxy) is 1. The highest BCUT2D eigenvalue weighted by atomic mass is 32.2. The van der Waals surface area contributed by atoms with Crippen LogP contribution in [0.2, 0.25) is 0 Å². The summed E-state index contributed by atoms with van der Waals surface area (Å²) in [4.78, 5) is 3.35. The maximum absolute atomic E-state index is 12.7. The SMILES string of the molecule is O=S(=O)(c1cccc(N=Nc2c[nH]c3ccccc23)c1)N1CCOCC1. The summed E-state index contributed by atoms with van der Waals surface area (Å²) in [5.74, 6) is 0. The zero-order chi connectivity index (χ0) is 18.0. The zero-order valence-electron chi connectivity index (χ0n) is 14.0. The summed E-state index contributed by atoms with van der Waals surface area (Å²) in [6.45, 7) is 1.56. The van der Waals surface area contributed by atoms with Crippen LogP contribution in [-0.4, -0.2) is 44.0 Å². The number of rotatable bonds is 4. The first-order chi connectivity index (χ1) is 12.6. The topological polar surface area (TPSA) is 87.1 Å². The maximum atomic E-state index is 12.7. The molecule has 8 heteroatoms. The van der Waals surface area contributed by atoms with Crippen LogP contribution in [0.4, 0.5) is 11.4 Å². The Hall–Kier alpha value is -2.55. The van der Waals surface area contributed by atoms with Gasteiger partial charge in [-0.25, -0.2) is 8.42 Å². The van der Waals surface area contributed by atoms with Gasteiger partial charge in [-0.15, -0.1) is 5.11 Å². The number of azo groups is 1. The Labute approximate surface area is 151 Å². The van der Waals surface area contributed by atoms with Crippen molar-refractivity contribution in [1.82, 2.24) is 9.29 Å². The summed E-state index contributed by atoms with van der Waals surface area (Å²) in [5.41, 5.74) is 2.18. The Morgan fingerprint density at radius 3 is 2.65 bits per heavy atom. The molecule has 0 aliphatic carbocycles. The van der Waals surface area contributed by atoms with Crippen LogP contribution in [0, 0.1) is 0 Å². The van der Waals surface area contributed by atoms with E-state index >= 15 is 0 Å². The molecule has 1 N–H and O–H groups in total. The molecule has 2 aromatic carbocycles. The number of aromatic amines is 1. The van der Waals surface area contributed by atoms with E-state index in [0.717, 1.165) is 10.9 Å². The van der Waals surface area contributed by atoms with Gasteiger partial charge >= 0.3 is 0 Å². The second kappa shape index (κ2) is 6.99. The van der Waals surface area contributed by atoms with Crippen LogP contribution in [0.5, 0.6) is 0 Å². The monoisotopic (exact) mass is 370 g/mol. The minimum Gasteiger partial charge on any atom is -0.379 e. The van der Waals surface area contributed by atoms with E-state index in [0.29, 0.717) is 37.7 Å². The number of H-pyrrole nitrogens is 1.